The summed E-state index contributed by atoms with van der Waals surface area (Å²) in [7, 11) is 0. The first-order valence-electron chi connectivity index (χ1n) is 9.97. The van der Waals surface area contributed by atoms with E-state index in [9.17, 15) is 19.2 Å². The van der Waals surface area contributed by atoms with Crippen LogP contribution >= 0.6 is 23.1 Å². The molecule has 4 aliphatic rings. The van der Waals surface area contributed by atoms with Crippen LogP contribution in [0.2, 0.25) is 0 Å². The Kier molecular flexibility index (Phi) is 3.86. The molecule has 7 atom stereocenters. The Bertz CT molecular complexity index is 1140. The van der Waals surface area contributed by atoms with Crippen LogP contribution < -0.4 is 4.87 Å². The monoisotopic (exact) mass is 442 g/mol. The number of imide groups is 1. The molecule has 3 heterocycles. The third kappa shape index (κ3) is 2.33. The number of carboxylic acid groups (broad SMARTS) is 1. The van der Waals surface area contributed by atoms with Crippen molar-refractivity contribution < 1.29 is 19.5 Å². The number of rotatable bonds is 3. The average molecular weight is 443 g/mol. The van der Waals surface area contributed by atoms with Crippen LogP contribution in [0.25, 0.3) is 0 Å². The van der Waals surface area contributed by atoms with E-state index < -0.39 is 24.3 Å². The van der Waals surface area contributed by atoms with E-state index in [2.05, 4.69) is 17.1 Å². The molecule has 1 saturated heterocycles. The van der Waals surface area contributed by atoms with E-state index in [1.165, 1.54) is 11.3 Å². The molecule has 1 aromatic heterocycles. The molecule has 2 aliphatic heterocycles. The van der Waals surface area contributed by atoms with Crippen LogP contribution in [0.1, 0.15) is 22.8 Å². The van der Waals surface area contributed by atoms with E-state index in [-0.39, 0.29) is 45.6 Å². The number of hydrogen-bond acceptors (Lipinski definition) is 6. The summed E-state index contributed by atoms with van der Waals surface area (Å²) in [5.41, 5.74) is 1.12. The minimum Gasteiger partial charge on any atom is -0.480 e. The van der Waals surface area contributed by atoms with Gasteiger partial charge in [0, 0.05) is 16.0 Å². The summed E-state index contributed by atoms with van der Waals surface area (Å²) in [6, 6.07) is 10.0. The quantitative estimate of drug-likeness (QED) is 0.704. The molecule has 2 saturated carbocycles. The molecular weight excluding hydrogens is 424 g/mol. The number of thiazole rings is 1. The van der Waals surface area contributed by atoms with Gasteiger partial charge in [0.05, 0.1) is 16.9 Å². The van der Waals surface area contributed by atoms with Crippen LogP contribution in [-0.4, -0.2) is 44.6 Å². The lowest BCUT2D eigenvalue weighted by Gasteiger charge is -2.43. The number of aromatic nitrogens is 1. The Balaban J connectivity index is 1.45. The fraction of sp³-hybridized carbons (Fsp3) is 0.429. The highest BCUT2D eigenvalue weighted by molar-refractivity contribution is 8.00. The second kappa shape index (κ2) is 6.31. The number of aromatic amines is 1. The highest BCUT2D eigenvalue weighted by atomic mass is 32.2. The lowest BCUT2D eigenvalue weighted by atomic mass is 9.68. The SMILES string of the molecule is O=C(O)CN1C(=O)[C@@H]2[C@H]3C[C@@H]([C@@H]4Sc5[nH]c(=O)sc5[C@@H](c5ccccc5)[C@@H]34)[C@H]2C1=O. The minimum atomic E-state index is -1.17. The number of H-pyrrole nitrogens is 1. The lowest BCUT2D eigenvalue weighted by Crippen LogP contribution is -2.42. The molecule has 1 aromatic carbocycles. The number of carbonyl (C=O) groups excluding carboxylic acids is 2. The van der Waals surface area contributed by atoms with Gasteiger partial charge >= 0.3 is 10.8 Å². The maximum Gasteiger partial charge on any atom is 0.323 e. The van der Waals surface area contributed by atoms with Gasteiger partial charge in [-0.05, 0) is 29.7 Å². The van der Waals surface area contributed by atoms with Crippen molar-refractivity contribution in [3.63, 3.8) is 0 Å². The molecule has 2 N–H and O–H groups in total. The summed E-state index contributed by atoms with van der Waals surface area (Å²) in [4.78, 5) is 54.3. The van der Waals surface area contributed by atoms with Crippen molar-refractivity contribution in [1.82, 2.24) is 9.88 Å². The molecule has 3 fully saturated rings. The Labute approximate surface area is 179 Å². The molecule has 0 spiro atoms. The van der Waals surface area contributed by atoms with E-state index in [1.54, 1.807) is 11.8 Å². The number of fused-ring (bicyclic) bond motifs is 9. The predicted octanol–water partition coefficient (Wildman–Crippen LogP) is 1.99. The Morgan fingerprint density at radius 2 is 1.80 bits per heavy atom. The van der Waals surface area contributed by atoms with Gasteiger partial charge in [0.2, 0.25) is 11.8 Å². The first-order valence-corrected chi connectivity index (χ1v) is 11.7. The van der Waals surface area contributed by atoms with Crippen molar-refractivity contribution in [3.8, 4) is 0 Å². The number of carbonyl (C=O) groups is 3. The molecule has 2 aromatic rings. The molecule has 30 heavy (non-hydrogen) atoms. The van der Waals surface area contributed by atoms with Gasteiger partial charge in [-0.3, -0.25) is 24.1 Å². The predicted molar refractivity (Wildman–Crippen MR) is 109 cm³/mol. The third-order valence-electron chi connectivity index (χ3n) is 7.27. The van der Waals surface area contributed by atoms with Crippen molar-refractivity contribution in [2.24, 2.45) is 29.6 Å². The van der Waals surface area contributed by atoms with Gasteiger partial charge in [-0.2, -0.15) is 0 Å². The molecular formula is C21H18N2O5S2. The van der Waals surface area contributed by atoms with E-state index in [0.29, 0.717) is 0 Å². The average Bonchev–Trinajstić information content (AvgIpc) is 3.44. The molecule has 9 heteroatoms. The molecule has 7 nitrogen and oxygen atoms in total. The second-order valence-electron chi connectivity index (χ2n) is 8.53. The van der Waals surface area contributed by atoms with Crippen LogP contribution in [0.5, 0.6) is 0 Å². The molecule has 2 amide bonds. The van der Waals surface area contributed by atoms with E-state index in [0.717, 1.165) is 26.8 Å². The van der Waals surface area contributed by atoms with Gasteiger partial charge in [0.1, 0.15) is 6.54 Å². The van der Waals surface area contributed by atoms with Crippen molar-refractivity contribution >= 4 is 40.9 Å². The van der Waals surface area contributed by atoms with E-state index in [4.69, 9.17) is 5.11 Å². The van der Waals surface area contributed by atoms with Crippen molar-refractivity contribution in [1.29, 1.82) is 0 Å². The maximum absolute atomic E-state index is 13.1. The van der Waals surface area contributed by atoms with Gasteiger partial charge in [-0.15, -0.1) is 11.8 Å². The molecule has 0 radical (unpaired) electrons. The Morgan fingerprint density at radius 1 is 1.10 bits per heavy atom. The Morgan fingerprint density at radius 3 is 2.50 bits per heavy atom. The van der Waals surface area contributed by atoms with Crippen LogP contribution in [0, 0.1) is 29.6 Å². The number of likely N-dealkylation sites (tertiary alicyclic amines) is 1. The fourth-order valence-electron chi connectivity index (χ4n) is 6.40. The number of nitrogens with zero attached hydrogens (tertiary/aromatic N) is 1. The fourth-order valence-corrected chi connectivity index (χ4v) is 9.29. The van der Waals surface area contributed by atoms with Crippen molar-refractivity contribution in [2.75, 3.05) is 6.54 Å². The minimum absolute atomic E-state index is 0.00350. The summed E-state index contributed by atoms with van der Waals surface area (Å²) in [6.45, 7) is -0.560. The van der Waals surface area contributed by atoms with Crippen molar-refractivity contribution in [2.45, 2.75) is 22.6 Å². The first-order chi connectivity index (χ1) is 14.5. The third-order valence-corrected chi connectivity index (χ3v) is 9.86. The smallest absolute Gasteiger partial charge is 0.323 e. The molecule has 6 rings (SSSR count). The van der Waals surface area contributed by atoms with Crippen LogP contribution in [0.15, 0.2) is 40.2 Å². The standard InChI is InChI=1S/C21H18N2O5S2/c24-11(25)7-23-19(26)14-9-6-10(15(14)20(23)27)16-13(9)12(8-4-2-1-3-5-8)17-18(29-16)22-21(28)30-17/h1-5,9-10,12-16H,6-7H2,(H,22,28)(H,24,25)/t9-,10+,12-,13+,14+,15+,16-/m0/s1. The van der Waals surface area contributed by atoms with Gasteiger partial charge in [-0.1, -0.05) is 41.7 Å². The number of nitrogens with one attached hydrogen (secondary N) is 1. The number of aliphatic carboxylic acids is 1. The zero-order valence-electron chi connectivity index (χ0n) is 15.7. The number of carboxylic acids is 1. The lowest BCUT2D eigenvalue weighted by molar-refractivity contribution is -0.149. The summed E-state index contributed by atoms with van der Waals surface area (Å²) in [6.07, 6.45) is 0.804. The topological polar surface area (TPSA) is 108 Å². The highest BCUT2D eigenvalue weighted by Gasteiger charge is 2.69. The number of benzene rings is 1. The number of thioether (sulfide) groups is 1. The second-order valence-corrected chi connectivity index (χ2v) is 10.7. The first kappa shape index (κ1) is 18.4. The number of amides is 2. The number of hydrogen-bond donors (Lipinski definition) is 2. The summed E-state index contributed by atoms with van der Waals surface area (Å²) >= 11 is 2.87. The Hall–Kier alpha value is -2.39. The molecule has 2 bridgehead atoms. The highest BCUT2D eigenvalue weighted by Crippen LogP contribution is 2.68. The van der Waals surface area contributed by atoms with Crippen LogP contribution in [0.4, 0.5) is 0 Å². The summed E-state index contributed by atoms with van der Waals surface area (Å²) in [5, 5.41) is 10.2. The van der Waals surface area contributed by atoms with E-state index >= 15 is 0 Å². The maximum atomic E-state index is 13.1. The van der Waals surface area contributed by atoms with Crippen LogP contribution in [-0.2, 0) is 14.4 Å². The van der Waals surface area contributed by atoms with Gasteiger partial charge in [0.15, 0.2) is 0 Å². The normalized spacial score (nSPS) is 36.0. The molecule has 2 aliphatic carbocycles. The summed E-state index contributed by atoms with van der Waals surface area (Å²) < 4.78 is 0. The van der Waals surface area contributed by atoms with Crippen LogP contribution in [0.3, 0.4) is 0 Å². The van der Waals surface area contributed by atoms with Crippen molar-refractivity contribution in [3.05, 3.63) is 50.4 Å². The van der Waals surface area contributed by atoms with Gasteiger partial charge in [-0.25, -0.2) is 0 Å². The largest absolute Gasteiger partial charge is 0.480 e. The van der Waals surface area contributed by atoms with Gasteiger partial charge in [0.25, 0.3) is 0 Å². The molecule has 0 unspecified atom stereocenters. The zero-order chi connectivity index (χ0) is 20.7. The van der Waals surface area contributed by atoms with Gasteiger partial charge < -0.3 is 10.1 Å². The zero-order valence-corrected chi connectivity index (χ0v) is 17.3. The molecule has 154 valence electrons. The summed E-state index contributed by atoms with van der Waals surface area (Å²) in [5.74, 6) is -2.52. The van der Waals surface area contributed by atoms with E-state index in [1.807, 2.05) is 18.2 Å².